The number of hydrogen-bond acceptors (Lipinski definition) is 6. The zero-order valence-corrected chi connectivity index (χ0v) is 25.2. The zero-order valence-electron chi connectivity index (χ0n) is 24.4. The van der Waals surface area contributed by atoms with E-state index in [1.807, 2.05) is 17.0 Å². The topological polar surface area (TPSA) is 119 Å². The third kappa shape index (κ3) is 8.38. The first kappa shape index (κ1) is 34.3. The largest absolute Gasteiger partial charge is 0.494 e. The Hall–Kier alpha value is -3.56. The molecule has 1 aliphatic carbocycles. The fourth-order valence-electron chi connectivity index (χ4n) is 5.00. The van der Waals surface area contributed by atoms with Gasteiger partial charge in [0.2, 0.25) is 10.0 Å². The average molecular weight is 665 g/mol. The Kier molecular flexibility index (Phi) is 10.2. The Morgan fingerprint density at radius 3 is 2.36 bits per heavy atom. The number of aromatic nitrogens is 2. The number of alkyl halides is 6. The van der Waals surface area contributed by atoms with Crippen molar-refractivity contribution in [2.45, 2.75) is 94.4 Å². The summed E-state index contributed by atoms with van der Waals surface area (Å²) in [6, 6.07) is 6.08. The van der Waals surface area contributed by atoms with Crippen molar-refractivity contribution < 1.29 is 49.1 Å². The van der Waals surface area contributed by atoms with Gasteiger partial charge in [-0.1, -0.05) is 25.5 Å². The minimum Gasteiger partial charge on any atom is -0.494 e. The van der Waals surface area contributed by atoms with E-state index in [0.717, 1.165) is 18.6 Å². The Balaban J connectivity index is 1.63. The molecule has 4 rings (SSSR count). The number of benzene rings is 1. The number of rotatable bonds is 14. The monoisotopic (exact) mass is 664 g/mol. The van der Waals surface area contributed by atoms with Gasteiger partial charge in [0, 0.05) is 31.2 Å². The summed E-state index contributed by atoms with van der Waals surface area (Å²) in [5.74, 6) is -2.59. The quantitative estimate of drug-likeness (QED) is 0.156. The highest BCUT2D eigenvalue weighted by molar-refractivity contribution is 7.91. The summed E-state index contributed by atoms with van der Waals surface area (Å²) in [5, 5.41) is 5.43. The molecule has 16 heteroatoms. The number of nitrogens with one attached hydrogen (secondary N) is 2. The first-order valence-electron chi connectivity index (χ1n) is 14.6. The molecule has 1 aromatic carbocycles. The van der Waals surface area contributed by atoms with Crippen LogP contribution in [0, 0.1) is 0 Å². The van der Waals surface area contributed by atoms with Gasteiger partial charge in [0.05, 0.1) is 17.6 Å². The molecular formula is C29H34F6N4O5S. The third-order valence-electron chi connectivity index (χ3n) is 7.62. The molecular weight excluding hydrogens is 630 g/mol. The van der Waals surface area contributed by atoms with Crippen molar-refractivity contribution in [2.75, 3.05) is 6.61 Å². The minimum atomic E-state index is -5.08. The number of carbonyl (C=O) groups is 2. The molecule has 2 aliphatic rings. The number of sulfonamides is 1. The van der Waals surface area contributed by atoms with E-state index in [1.54, 1.807) is 0 Å². The lowest BCUT2D eigenvalue weighted by molar-refractivity contribution is -0.202. The number of ether oxygens (including phenoxy) is 1. The Morgan fingerprint density at radius 2 is 1.76 bits per heavy atom. The normalized spacial score (nSPS) is 19.4. The number of halogens is 6. The van der Waals surface area contributed by atoms with Crippen molar-refractivity contribution in [3.05, 3.63) is 53.4 Å². The number of carbonyl (C=O) groups excluding carboxylic acids is 2. The summed E-state index contributed by atoms with van der Waals surface area (Å²) in [4.78, 5) is 26.6. The fraction of sp³-hybridized carbons (Fsp3) is 0.552. The van der Waals surface area contributed by atoms with Crippen molar-refractivity contribution >= 4 is 27.4 Å². The van der Waals surface area contributed by atoms with Gasteiger partial charge >= 0.3 is 12.4 Å². The van der Waals surface area contributed by atoms with Gasteiger partial charge < -0.3 is 10.1 Å². The summed E-state index contributed by atoms with van der Waals surface area (Å²) in [6.45, 7) is 2.42. The lowest BCUT2D eigenvalue weighted by Gasteiger charge is -2.41. The highest BCUT2D eigenvalue weighted by Gasteiger charge is 2.60. The fourth-order valence-corrected chi connectivity index (χ4v) is 6.28. The van der Waals surface area contributed by atoms with Gasteiger partial charge in [0.15, 0.2) is 5.54 Å². The predicted molar refractivity (Wildman–Crippen MR) is 151 cm³/mol. The minimum absolute atomic E-state index is 0.0498. The van der Waals surface area contributed by atoms with Gasteiger partial charge in [0.1, 0.15) is 11.3 Å². The highest BCUT2D eigenvalue weighted by Crippen LogP contribution is 2.48. The van der Waals surface area contributed by atoms with Crippen LogP contribution in [0.5, 0.6) is 5.75 Å². The van der Waals surface area contributed by atoms with Crippen LogP contribution in [0.3, 0.4) is 0 Å². The van der Waals surface area contributed by atoms with Crippen molar-refractivity contribution in [3.8, 4) is 5.75 Å². The molecule has 0 spiro atoms. The zero-order chi connectivity index (χ0) is 33.0. The summed E-state index contributed by atoms with van der Waals surface area (Å²) in [6.07, 6.45) is -7.06. The number of amides is 2. The van der Waals surface area contributed by atoms with Crippen molar-refractivity contribution in [2.24, 2.45) is 0 Å². The number of hydrogen-bond donors (Lipinski definition) is 2. The van der Waals surface area contributed by atoms with Gasteiger partial charge in [-0.25, -0.2) is 13.1 Å². The van der Waals surface area contributed by atoms with Crippen LogP contribution in [0.25, 0.3) is 5.57 Å². The number of nitrogens with zero attached hydrogens (tertiary/aromatic N) is 2. The molecule has 9 nitrogen and oxygen atoms in total. The molecule has 1 aliphatic heterocycles. The Morgan fingerprint density at radius 1 is 1.07 bits per heavy atom. The molecule has 1 fully saturated rings. The summed E-state index contributed by atoms with van der Waals surface area (Å²) < 4.78 is 116. The molecule has 2 amide bonds. The van der Waals surface area contributed by atoms with E-state index in [9.17, 15) is 44.3 Å². The molecule has 2 N–H and O–H groups in total. The average Bonchev–Trinajstić information content (AvgIpc) is 3.71. The van der Waals surface area contributed by atoms with Gasteiger partial charge in [0.25, 0.3) is 11.8 Å². The predicted octanol–water partition coefficient (Wildman–Crippen LogP) is 5.52. The number of unbranched alkanes of at least 4 members (excludes halogenated alkanes) is 3. The molecule has 0 unspecified atom stereocenters. The molecule has 0 bridgehead atoms. The third-order valence-corrected chi connectivity index (χ3v) is 9.44. The summed E-state index contributed by atoms with van der Waals surface area (Å²) in [7, 11) is -4.13. The second-order valence-corrected chi connectivity index (χ2v) is 13.1. The van der Waals surface area contributed by atoms with Gasteiger partial charge in [-0.05, 0) is 62.3 Å². The van der Waals surface area contributed by atoms with Gasteiger partial charge in [-0.15, -0.1) is 0 Å². The van der Waals surface area contributed by atoms with Crippen LogP contribution in [0.4, 0.5) is 26.3 Å². The van der Waals surface area contributed by atoms with Crippen LogP contribution >= 0.6 is 0 Å². The van der Waals surface area contributed by atoms with E-state index in [1.165, 1.54) is 29.1 Å². The number of aryl methyl sites for hydroxylation is 1. The second-order valence-electron chi connectivity index (χ2n) is 11.2. The van der Waals surface area contributed by atoms with E-state index < -0.39 is 63.4 Å². The SMILES string of the molecule is CCCCn1ccc(C2=C(C(=O)NS(=O)(=O)C3CC3)C(=O)N[C@@](c3ccc(OCCCCCC(F)(F)F)cc3)(C(F)(F)F)C2)n1. The van der Waals surface area contributed by atoms with Crippen molar-refractivity contribution in [1.82, 2.24) is 19.8 Å². The lowest BCUT2D eigenvalue weighted by atomic mass is 9.77. The van der Waals surface area contributed by atoms with E-state index in [0.29, 0.717) is 32.2 Å². The molecule has 1 saturated carbocycles. The van der Waals surface area contributed by atoms with Crippen LogP contribution in [0.1, 0.15) is 76.0 Å². The second kappa shape index (κ2) is 13.4. The lowest BCUT2D eigenvalue weighted by Crippen LogP contribution is -2.60. The van der Waals surface area contributed by atoms with E-state index in [-0.39, 0.29) is 42.0 Å². The summed E-state index contributed by atoms with van der Waals surface area (Å²) >= 11 is 0. The molecule has 2 aromatic rings. The van der Waals surface area contributed by atoms with Crippen LogP contribution in [-0.4, -0.2) is 54.2 Å². The van der Waals surface area contributed by atoms with Crippen LogP contribution in [0.15, 0.2) is 42.1 Å². The maximum absolute atomic E-state index is 15.0. The van der Waals surface area contributed by atoms with Crippen molar-refractivity contribution in [1.29, 1.82) is 0 Å². The smallest absolute Gasteiger partial charge is 0.416 e. The Bertz CT molecular complexity index is 1510. The molecule has 248 valence electrons. The molecule has 0 radical (unpaired) electrons. The van der Waals surface area contributed by atoms with Gasteiger partial charge in [-0.2, -0.15) is 31.4 Å². The van der Waals surface area contributed by atoms with E-state index in [2.05, 4.69) is 5.10 Å². The first-order chi connectivity index (χ1) is 21.1. The maximum Gasteiger partial charge on any atom is 0.416 e. The molecule has 0 saturated heterocycles. The van der Waals surface area contributed by atoms with Gasteiger partial charge in [-0.3, -0.25) is 14.3 Å². The van der Waals surface area contributed by atoms with E-state index >= 15 is 0 Å². The molecule has 2 heterocycles. The highest BCUT2D eigenvalue weighted by atomic mass is 32.2. The maximum atomic E-state index is 15.0. The Labute approximate surface area is 256 Å². The standard InChI is InChI=1S/C29H34F6N4O5S/c1-2-3-15-39-16-13-23(37-39)22-18-27(29(33,34)35,36-25(40)24(22)26(41)38-45(42,43)21-11-12-21)19-7-9-20(10-8-19)44-17-6-4-5-14-28(30,31)32/h7-10,13,16,21H,2-6,11-12,14-15,17-18H2,1H3,(H,36,40)(H,38,41)/t27-/m0/s1. The van der Waals surface area contributed by atoms with Crippen LogP contribution in [-0.2, 0) is 31.7 Å². The molecule has 1 aromatic heterocycles. The van der Waals surface area contributed by atoms with Crippen LogP contribution in [0.2, 0.25) is 0 Å². The van der Waals surface area contributed by atoms with Crippen molar-refractivity contribution in [3.63, 3.8) is 0 Å². The van der Waals surface area contributed by atoms with E-state index in [4.69, 9.17) is 4.74 Å². The molecule has 45 heavy (non-hydrogen) atoms. The summed E-state index contributed by atoms with van der Waals surface area (Å²) in [5.41, 5.74) is -4.61. The first-order valence-corrected chi connectivity index (χ1v) is 16.1. The van der Waals surface area contributed by atoms with Crippen LogP contribution < -0.4 is 14.8 Å². The molecule has 1 atom stereocenters.